The minimum Gasteiger partial charge on any atom is -0.481 e. The molecule has 0 saturated carbocycles. The van der Waals surface area contributed by atoms with E-state index in [4.69, 9.17) is 5.11 Å². The Hall–Kier alpha value is -3.99. The number of aryl methyl sites for hydroxylation is 1. The number of rotatable bonds is 12. The van der Waals surface area contributed by atoms with Gasteiger partial charge in [0.05, 0.1) is 23.5 Å². The predicted molar refractivity (Wildman–Crippen MR) is 172 cm³/mol. The lowest BCUT2D eigenvalue weighted by atomic mass is 9.97. The second kappa shape index (κ2) is 13.8. The Morgan fingerprint density at radius 3 is 2.38 bits per heavy atom. The fourth-order valence-corrected chi connectivity index (χ4v) is 5.01. The minimum atomic E-state index is -0.865. The predicted octanol–water partition coefficient (Wildman–Crippen LogP) is 4.86. The fourth-order valence-electron chi connectivity index (χ4n) is 4.65. The number of amides is 2. The van der Waals surface area contributed by atoms with Crippen molar-refractivity contribution in [3.05, 3.63) is 87.9 Å². The minimum absolute atomic E-state index is 0.0108. The van der Waals surface area contributed by atoms with Crippen molar-refractivity contribution < 1.29 is 19.5 Å². The third-order valence-corrected chi connectivity index (χ3v) is 7.54. The van der Waals surface area contributed by atoms with Crippen LogP contribution < -0.4 is 15.5 Å². The number of hydrogen-bond acceptors (Lipinski definition) is 6. The van der Waals surface area contributed by atoms with Gasteiger partial charge < -0.3 is 25.5 Å². The number of anilines is 3. The molecular formula is C32H36BrN5O4. The molecule has 220 valence electrons. The Morgan fingerprint density at radius 2 is 1.69 bits per heavy atom. The Kier molecular flexibility index (Phi) is 10.2. The Morgan fingerprint density at radius 1 is 0.952 bits per heavy atom. The molecule has 1 aliphatic heterocycles. The summed E-state index contributed by atoms with van der Waals surface area (Å²) in [5.74, 6) is -1.11. The molecule has 1 heterocycles. The Balaban J connectivity index is 1.63. The van der Waals surface area contributed by atoms with Crippen LogP contribution in [0.4, 0.5) is 17.1 Å². The van der Waals surface area contributed by atoms with Gasteiger partial charge in [-0.1, -0.05) is 40.2 Å². The summed E-state index contributed by atoms with van der Waals surface area (Å²) in [7, 11) is 7.71. The molecule has 0 aromatic heterocycles. The summed E-state index contributed by atoms with van der Waals surface area (Å²) in [5, 5.41) is 15.6. The van der Waals surface area contributed by atoms with Crippen LogP contribution in [0, 0.1) is 0 Å². The molecule has 0 unspecified atom stereocenters. The standard InChI is InChI=1S/C32H36BrN5O4/c1-36(2)16-17-37(3)20-28(39)38(4)25-12-10-24(11-13-25)34-31(22-7-5-6-21(18-22)8-15-29(40)41)30-26-14-9-23(33)19-27(26)35-32(30)42/h5-7,9-14,18-19,34H,8,15-17,20H2,1-4H3,(H,35,42)(H,40,41)/b31-30-. The molecule has 0 bridgehead atoms. The van der Waals surface area contributed by atoms with Crippen molar-refractivity contribution in [2.24, 2.45) is 0 Å². The molecule has 0 radical (unpaired) electrons. The zero-order chi connectivity index (χ0) is 30.4. The maximum Gasteiger partial charge on any atom is 0.303 e. The van der Waals surface area contributed by atoms with E-state index in [0.29, 0.717) is 29.9 Å². The molecule has 10 heteroatoms. The molecule has 0 spiro atoms. The van der Waals surface area contributed by atoms with Gasteiger partial charge in [0.25, 0.3) is 5.91 Å². The highest BCUT2D eigenvalue weighted by molar-refractivity contribution is 9.10. The molecule has 3 N–H and O–H groups in total. The van der Waals surface area contributed by atoms with Crippen LogP contribution >= 0.6 is 15.9 Å². The van der Waals surface area contributed by atoms with E-state index in [1.54, 1.807) is 11.9 Å². The van der Waals surface area contributed by atoms with Gasteiger partial charge in [-0.3, -0.25) is 19.3 Å². The van der Waals surface area contributed by atoms with E-state index in [-0.39, 0.29) is 18.2 Å². The lowest BCUT2D eigenvalue weighted by molar-refractivity contribution is -0.137. The van der Waals surface area contributed by atoms with Gasteiger partial charge in [0.15, 0.2) is 0 Å². The van der Waals surface area contributed by atoms with Gasteiger partial charge in [-0.25, -0.2) is 0 Å². The average Bonchev–Trinajstić information content (AvgIpc) is 3.28. The summed E-state index contributed by atoms with van der Waals surface area (Å²) in [5.41, 5.74) is 5.67. The van der Waals surface area contributed by atoms with Crippen molar-refractivity contribution in [2.45, 2.75) is 12.8 Å². The van der Waals surface area contributed by atoms with Crippen molar-refractivity contribution in [3.63, 3.8) is 0 Å². The normalized spacial score (nSPS) is 13.6. The maximum absolute atomic E-state index is 13.3. The first kappa shape index (κ1) is 31.0. The lowest BCUT2D eigenvalue weighted by Crippen LogP contribution is -2.39. The summed E-state index contributed by atoms with van der Waals surface area (Å²) in [4.78, 5) is 43.1. The SMILES string of the molecule is CN(C)CCN(C)CC(=O)N(C)c1ccc(N/C(=C2\C(=O)Nc3cc(Br)ccc32)c2cccc(CCC(=O)O)c2)cc1. The van der Waals surface area contributed by atoms with E-state index >= 15 is 0 Å². The lowest BCUT2D eigenvalue weighted by Gasteiger charge is -2.23. The molecule has 0 fully saturated rings. The second-order valence-electron chi connectivity index (χ2n) is 10.7. The van der Waals surface area contributed by atoms with Crippen LogP contribution in [0.2, 0.25) is 0 Å². The van der Waals surface area contributed by atoms with Gasteiger partial charge in [-0.2, -0.15) is 0 Å². The first-order valence-electron chi connectivity index (χ1n) is 13.7. The van der Waals surface area contributed by atoms with Crippen LogP contribution in [0.1, 0.15) is 23.1 Å². The number of aliphatic carboxylic acids is 1. The number of carboxylic acid groups (broad SMARTS) is 1. The van der Waals surface area contributed by atoms with Gasteiger partial charge in [0.1, 0.15) is 0 Å². The molecule has 0 atom stereocenters. The summed E-state index contributed by atoms with van der Waals surface area (Å²) < 4.78 is 0.853. The van der Waals surface area contributed by atoms with E-state index in [0.717, 1.165) is 45.6 Å². The number of nitrogens with zero attached hydrogens (tertiary/aromatic N) is 3. The van der Waals surface area contributed by atoms with Gasteiger partial charge in [0, 0.05) is 48.0 Å². The number of fused-ring (bicyclic) bond motifs is 1. The first-order chi connectivity index (χ1) is 20.0. The van der Waals surface area contributed by atoms with E-state index < -0.39 is 5.97 Å². The van der Waals surface area contributed by atoms with Gasteiger partial charge >= 0.3 is 5.97 Å². The number of carboxylic acids is 1. The number of halogens is 1. The van der Waals surface area contributed by atoms with Crippen molar-refractivity contribution in [1.29, 1.82) is 0 Å². The highest BCUT2D eigenvalue weighted by atomic mass is 79.9. The molecule has 0 aliphatic carbocycles. The van der Waals surface area contributed by atoms with E-state index in [9.17, 15) is 14.4 Å². The van der Waals surface area contributed by atoms with Crippen molar-refractivity contribution in [1.82, 2.24) is 9.80 Å². The maximum atomic E-state index is 13.3. The third kappa shape index (κ3) is 7.84. The van der Waals surface area contributed by atoms with Crippen molar-refractivity contribution >= 4 is 62.0 Å². The zero-order valence-corrected chi connectivity index (χ0v) is 25.9. The molecule has 3 aromatic carbocycles. The zero-order valence-electron chi connectivity index (χ0n) is 24.3. The van der Waals surface area contributed by atoms with Crippen LogP contribution in [0.25, 0.3) is 11.3 Å². The monoisotopic (exact) mass is 633 g/mol. The van der Waals surface area contributed by atoms with Crippen LogP contribution in [-0.2, 0) is 20.8 Å². The molecule has 9 nitrogen and oxygen atoms in total. The third-order valence-electron chi connectivity index (χ3n) is 7.05. The van der Waals surface area contributed by atoms with Crippen LogP contribution in [0.3, 0.4) is 0 Å². The molecule has 1 aliphatic rings. The molecule has 0 saturated heterocycles. The highest BCUT2D eigenvalue weighted by Gasteiger charge is 2.29. The number of hydrogen-bond donors (Lipinski definition) is 3. The molecular weight excluding hydrogens is 598 g/mol. The van der Waals surface area contributed by atoms with E-state index in [1.165, 1.54) is 0 Å². The summed E-state index contributed by atoms with van der Waals surface area (Å²) >= 11 is 3.47. The number of likely N-dealkylation sites (N-methyl/N-ethyl adjacent to an activating group) is 3. The molecule has 42 heavy (non-hydrogen) atoms. The Bertz CT molecular complexity index is 1500. The van der Waals surface area contributed by atoms with Crippen LogP contribution in [-0.4, -0.2) is 80.5 Å². The van der Waals surface area contributed by atoms with Crippen molar-refractivity contribution in [3.8, 4) is 0 Å². The van der Waals surface area contributed by atoms with E-state index in [1.807, 2.05) is 92.8 Å². The summed E-state index contributed by atoms with van der Waals surface area (Å²) in [6.07, 6.45) is 0.389. The van der Waals surface area contributed by atoms with Gasteiger partial charge in [0.2, 0.25) is 5.91 Å². The van der Waals surface area contributed by atoms with Gasteiger partial charge in [-0.05, 0) is 81.2 Å². The number of carbonyl (C=O) groups excluding carboxylic acids is 2. The number of nitrogens with one attached hydrogen (secondary N) is 2. The average molecular weight is 635 g/mol. The topological polar surface area (TPSA) is 105 Å². The van der Waals surface area contributed by atoms with Crippen molar-refractivity contribution in [2.75, 3.05) is 63.4 Å². The molecule has 3 aromatic rings. The fraction of sp³-hybridized carbons (Fsp3) is 0.281. The first-order valence-corrected chi connectivity index (χ1v) is 14.4. The van der Waals surface area contributed by atoms with Crippen LogP contribution in [0.15, 0.2) is 71.2 Å². The van der Waals surface area contributed by atoms with Gasteiger partial charge in [-0.15, -0.1) is 0 Å². The largest absolute Gasteiger partial charge is 0.481 e. The quantitative estimate of drug-likeness (QED) is 0.245. The van der Waals surface area contributed by atoms with Crippen LogP contribution in [0.5, 0.6) is 0 Å². The summed E-state index contributed by atoms with van der Waals surface area (Å²) in [6.45, 7) is 1.97. The summed E-state index contributed by atoms with van der Waals surface area (Å²) in [6, 6.07) is 20.7. The smallest absolute Gasteiger partial charge is 0.303 e. The molecule has 4 rings (SSSR count). The highest BCUT2D eigenvalue weighted by Crippen LogP contribution is 2.39. The number of benzene rings is 3. The molecule has 2 amide bonds. The second-order valence-corrected chi connectivity index (χ2v) is 11.6. The Labute approximate surface area is 254 Å². The van der Waals surface area contributed by atoms with E-state index in [2.05, 4.69) is 31.5 Å². The number of carbonyl (C=O) groups is 3.